The Bertz CT molecular complexity index is 1520. The number of phenolic OH excluding ortho intramolecular Hbond substituents is 2. The minimum atomic E-state index is 0. The van der Waals surface area contributed by atoms with Gasteiger partial charge in [0.25, 0.3) is 0 Å². The minimum Gasteiger partial charge on any atom is -1.00 e. The molecule has 0 unspecified atom stereocenters. The number of aromatic amines is 2. The highest BCUT2D eigenvalue weighted by molar-refractivity contribution is 6.07. The number of halogens is 2. The molecule has 0 radical (unpaired) electrons. The Kier molecular flexibility index (Phi) is 7.33. The molecule has 4 aromatic heterocycles. The van der Waals surface area contributed by atoms with E-state index in [0.29, 0.717) is 11.5 Å². The summed E-state index contributed by atoms with van der Waals surface area (Å²) in [6, 6.07) is 15.1. The highest BCUT2D eigenvalue weighted by atomic mass is 79.9. The number of H-pyrrole nitrogens is 2. The maximum atomic E-state index is 9.78. The summed E-state index contributed by atoms with van der Waals surface area (Å²) in [6.45, 7) is 1.96. The fourth-order valence-electron chi connectivity index (χ4n) is 4.81. The van der Waals surface area contributed by atoms with E-state index in [4.69, 9.17) is 0 Å². The first-order valence-electron chi connectivity index (χ1n) is 11.4. The lowest BCUT2D eigenvalue weighted by molar-refractivity contribution is -0.699. The van der Waals surface area contributed by atoms with Crippen LogP contribution in [0.2, 0.25) is 0 Å². The normalized spacial score (nSPS) is 11.2. The van der Waals surface area contributed by atoms with Gasteiger partial charge in [0.15, 0.2) is 24.8 Å². The molecule has 0 saturated heterocycles. The summed E-state index contributed by atoms with van der Waals surface area (Å²) in [6.07, 6.45) is 11.9. The number of aryl methyl sites for hydroxylation is 2. The van der Waals surface area contributed by atoms with Crippen molar-refractivity contribution in [3.05, 3.63) is 73.3 Å². The Balaban J connectivity index is 0.00000144. The van der Waals surface area contributed by atoms with Crippen molar-refractivity contribution in [3.63, 3.8) is 0 Å². The number of benzene rings is 2. The molecule has 0 saturated carbocycles. The van der Waals surface area contributed by atoms with E-state index in [0.717, 1.165) is 76.0 Å². The maximum absolute atomic E-state index is 9.78. The summed E-state index contributed by atoms with van der Waals surface area (Å²) in [5, 5.41) is 23.9. The summed E-state index contributed by atoms with van der Waals surface area (Å²) >= 11 is 0. The highest BCUT2D eigenvalue weighted by Crippen LogP contribution is 2.28. The third-order valence-corrected chi connectivity index (χ3v) is 6.49. The quantitative estimate of drug-likeness (QED) is 0.144. The molecule has 180 valence electrons. The Morgan fingerprint density at radius 2 is 1.00 bits per heavy atom. The zero-order valence-corrected chi connectivity index (χ0v) is 22.2. The molecule has 0 aliphatic heterocycles. The molecule has 2 aromatic carbocycles. The molecule has 0 fully saturated rings. The molecule has 0 atom stereocenters. The van der Waals surface area contributed by atoms with E-state index in [-0.39, 0.29) is 34.0 Å². The summed E-state index contributed by atoms with van der Waals surface area (Å²) < 4.78 is 4.47. The Hall–Kier alpha value is -3.10. The highest BCUT2D eigenvalue weighted by Gasteiger charge is 2.11. The lowest BCUT2D eigenvalue weighted by Crippen LogP contribution is -3.00. The van der Waals surface area contributed by atoms with Gasteiger partial charge in [-0.3, -0.25) is 0 Å². The lowest BCUT2D eigenvalue weighted by atomic mass is 10.2. The summed E-state index contributed by atoms with van der Waals surface area (Å²) in [5.74, 6) is 0.585. The molecule has 0 spiro atoms. The van der Waals surface area contributed by atoms with Gasteiger partial charge in [0.1, 0.15) is 35.6 Å². The Morgan fingerprint density at radius 1 is 0.543 bits per heavy atom. The second-order valence-electron chi connectivity index (χ2n) is 8.79. The monoisotopic (exact) mass is 596 g/mol. The van der Waals surface area contributed by atoms with E-state index in [9.17, 15) is 10.2 Å². The summed E-state index contributed by atoms with van der Waals surface area (Å²) in [4.78, 5) is 6.89. The van der Waals surface area contributed by atoms with Crippen LogP contribution in [0.25, 0.3) is 43.6 Å². The van der Waals surface area contributed by atoms with E-state index in [1.807, 2.05) is 24.3 Å². The van der Waals surface area contributed by atoms with Gasteiger partial charge >= 0.3 is 0 Å². The van der Waals surface area contributed by atoms with Crippen molar-refractivity contribution in [2.45, 2.75) is 32.4 Å². The van der Waals surface area contributed by atoms with Gasteiger partial charge in [0.2, 0.25) is 0 Å². The van der Waals surface area contributed by atoms with Gasteiger partial charge < -0.3 is 54.1 Å². The molecule has 0 bridgehead atoms. The molecule has 6 rings (SSSR count). The van der Waals surface area contributed by atoms with Crippen LogP contribution in [-0.2, 0) is 13.1 Å². The van der Waals surface area contributed by atoms with E-state index >= 15 is 0 Å². The largest absolute Gasteiger partial charge is 1.00 e. The number of hydrogen-bond acceptors (Lipinski definition) is 2. The number of aromatic hydroxyl groups is 2. The van der Waals surface area contributed by atoms with Crippen molar-refractivity contribution >= 4 is 43.6 Å². The van der Waals surface area contributed by atoms with Crippen molar-refractivity contribution in [2.24, 2.45) is 0 Å². The number of aromatic nitrogens is 4. The smallest absolute Gasteiger partial charge is 0.193 e. The number of fused-ring (bicyclic) bond motifs is 6. The van der Waals surface area contributed by atoms with Crippen molar-refractivity contribution in [1.29, 1.82) is 0 Å². The first-order chi connectivity index (χ1) is 16.1. The minimum absolute atomic E-state index is 0. The van der Waals surface area contributed by atoms with E-state index in [1.165, 1.54) is 0 Å². The summed E-state index contributed by atoms with van der Waals surface area (Å²) in [7, 11) is 0. The Morgan fingerprint density at radius 3 is 1.46 bits per heavy atom. The van der Waals surface area contributed by atoms with Crippen molar-refractivity contribution in [3.8, 4) is 11.5 Å². The van der Waals surface area contributed by atoms with Gasteiger partial charge in [-0.1, -0.05) is 0 Å². The fraction of sp³-hybridized carbons (Fsp3) is 0.185. The second-order valence-corrected chi connectivity index (χ2v) is 8.79. The van der Waals surface area contributed by atoms with Crippen LogP contribution in [0.3, 0.4) is 0 Å². The van der Waals surface area contributed by atoms with Gasteiger partial charge in [0, 0.05) is 57.6 Å². The molecule has 8 heteroatoms. The van der Waals surface area contributed by atoms with Crippen molar-refractivity contribution in [2.75, 3.05) is 0 Å². The number of hydrogen-bond donors (Lipinski definition) is 4. The lowest BCUT2D eigenvalue weighted by Gasteiger charge is -1.99. The fourth-order valence-corrected chi connectivity index (χ4v) is 4.81. The molecule has 0 aliphatic carbocycles. The van der Waals surface area contributed by atoms with Crippen LogP contribution in [0, 0.1) is 0 Å². The van der Waals surface area contributed by atoms with Crippen LogP contribution >= 0.6 is 0 Å². The van der Waals surface area contributed by atoms with Gasteiger partial charge in [-0.2, -0.15) is 0 Å². The van der Waals surface area contributed by atoms with E-state index in [1.54, 1.807) is 12.1 Å². The molecular weight excluding hydrogens is 572 g/mol. The first-order valence-corrected chi connectivity index (χ1v) is 11.4. The molecule has 6 aromatic rings. The number of rotatable bonds is 6. The van der Waals surface area contributed by atoms with Crippen LogP contribution in [0.5, 0.6) is 11.5 Å². The van der Waals surface area contributed by atoms with Crippen LogP contribution in [0.15, 0.2) is 73.3 Å². The zero-order valence-electron chi connectivity index (χ0n) is 19.0. The Labute approximate surface area is 223 Å². The zero-order chi connectivity index (χ0) is 22.4. The number of unbranched alkanes of at least 4 members (excludes halogenated alkanes) is 2. The van der Waals surface area contributed by atoms with Gasteiger partial charge in [-0.15, -0.1) is 0 Å². The average molecular weight is 598 g/mol. The van der Waals surface area contributed by atoms with Crippen molar-refractivity contribution in [1.82, 2.24) is 9.97 Å². The number of nitrogens with zero attached hydrogens (tertiary/aromatic N) is 2. The average Bonchev–Trinajstić information content (AvgIpc) is 3.35. The maximum Gasteiger partial charge on any atom is 0.193 e. The summed E-state index contributed by atoms with van der Waals surface area (Å²) in [5.41, 5.74) is 4.27. The topological polar surface area (TPSA) is 79.8 Å². The molecule has 6 nitrogen and oxygen atoms in total. The predicted octanol–water partition coefficient (Wildman–Crippen LogP) is -1.18. The second kappa shape index (κ2) is 10.3. The standard InChI is InChI=1S/C27H24N4O2.2BrH/c32-18-4-6-24-22(14-18)20-8-12-30(16-26(20)28-24)10-2-1-3-11-31-13-9-21-23-15-19(33)5-7-25(23)29-27(21)17-31;;/h4-9,12-17,32-33H,1-3,10-11H2;2*1H. The number of pyridine rings is 2. The van der Waals surface area contributed by atoms with Crippen LogP contribution in [-0.4, -0.2) is 20.2 Å². The number of nitrogens with one attached hydrogen (secondary N) is 2. The third-order valence-electron chi connectivity index (χ3n) is 6.49. The predicted molar refractivity (Wildman–Crippen MR) is 129 cm³/mol. The van der Waals surface area contributed by atoms with Gasteiger partial charge in [-0.05, 0) is 42.8 Å². The van der Waals surface area contributed by atoms with Crippen LogP contribution < -0.4 is 43.1 Å². The molecule has 0 amide bonds. The molecule has 0 aliphatic rings. The number of phenols is 2. The van der Waals surface area contributed by atoms with E-state index in [2.05, 4.69) is 56.0 Å². The molecule has 35 heavy (non-hydrogen) atoms. The van der Waals surface area contributed by atoms with Gasteiger partial charge in [-0.25, -0.2) is 9.13 Å². The SMILES string of the molecule is Oc1ccc2[nH]c3c[n+](CCCCC[n+]4ccc5c(c4)[nH]c4ccc(O)cc45)ccc3c2c1.[Br-].[Br-]. The van der Waals surface area contributed by atoms with Crippen LogP contribution in [0.1, 0.15) is 19.3 Å². The first kappa shape index (κ1) is 25.0. The van der Waals surface area contributed by atoms with Crippen LogP contribution in [0.4, 0.5) is 0 Å². The molecule has 4 N–H and O–H groups in total. The van der Waals surface area contributed by atoms with Gasteiger partial charge in [0.05, 0.1) is 0 Å². The molecular formula is C27H26Br2N4O2. The molecule has 4 heterocycles. The third kappa shape index (κ3) is 4.86. The van der Waals surface area contributed by atoms with Crippen molar-refractivity contribution < 1.29 is 53.3 Å². The van der Waals surface area contributed by atoms with E-state index < -0.39 is 0 Å².